The first-order valence-electron chi connectivity index (χ1n) is 6.45. The first-order chi connectivity index (χ1) is 10.3. The fourth-order valence-electron chi connectivity index (χ4n) is 1.52. The third-order valence-corrected chi connectivity index (χ3v) is 2.74. The van der Waals surface area contributed by atoms with Crippen LogP contribution in [0.25, 0.3) is 0 Å². The minimum Gasteiger partial charge on any atom is -0.480 e. The lowest BCUT2D eigenvalue weighted by atomic mass is 10.2. The Kier molecular flexibility index (Phi) is 6.06. The smallest absolute Gasteiger partial charge is 0.335 e. The summed E-state index contributed by atoms with van der Waals surface area (Å²) in [6.45, 7) is 1.32. The molecular formula is C14H16N2O6. The lowest BCUT2D eigenvalue weighted by molar-refractivity contribution is -0.141. The largest absolute Gasteiger partial charge is 0.480 e. The van der Waals surface area contributed by atoms with E-state index in [0.717, 1.165) is 0 Å². The molecule has 22 heavy (non-hydrogen) atoms. The number of aromatic carboxylic acids is 1. The quantitative estimate of drug-likeness (QED) is 0.586. The normalized spacial score (nSPS) is 11.3. The zero-order valence-corrected chi connectivity index (χ0v) is 11.8. The van der Waals surface area contributed by atoms with Crippen molar-refractivity contribution in [2.24, 2.45) is 0 Å². The van der Waals surface area contributed by atoms with E-state index in [4.69, 9.17) is 10.2 Å². The van der Waals surface area contributed by atoms with Crippen molar-refractivity contribution in [3.05, 3.63) is 29.8 Å². The van der Waals surface area contributed by atoms with Gasteiger partial charge in [0.1, 0.15) is 6.04 Å². The second-order valence-corrected chi connectivity index (χ2v) is 4.56. The Bertz CT molecular complexity index is 582. The van der Waals surface area contributed by atoms with Gasteiger partial charge in [0.2, 0.25) is 11.8 Å². The number of carbonyl (C=O) groups excluding carboxylic acids is 2. The van der Waals surface area contributed by atoms with Crippen molar-refractivity contribution in [3.8, 4) is 0 Å². The van der Waals surface area contributed by atoms with E-state index in [-0.39, 0.29) is 18.4 Å². The zero-order valence-electron chi connectivity index (χ0n) is 11.8. The zero-order chi connectivity index (χ0) is 16.7. The van der Waals surface area contributed by atoms with Gasteiger partial charge in [0.05, 0.1) is 5.56 Å². The summed E-state index contributed by atoms with van der Waals surface area (Å²) in [5.41, 5.74) is 0.509. The van der Waals surface area contributed by atoms with Crippen LogP contribution in [0.5, 0.6) is 0 Å². The van der Waals surface area contributed by atoms with Crippen molar-refractivity contribution in [3.63, 3.8) is 0 Å². The third-order valence-electron chi connectivity index (χ3n) is 2.74. The van der Waals surface area contributed by atoms with E-state index >= 15 is 0 Å². The minimum absolute atomic E-state index is 0.0973. The number of rotatable bonds is 7. The van der Waals surface area contributed by atoms with E-state index in [0.29, 0.717) is 5.69 Å². The molecule has 0 spiro atoms. The molecule has 1 atom stereocenters. The standard InChI is InChI=1S/C14H16N2O6/c1-8(13(19)20)15-11(17)6-7-12(18)16-10-4-2-9(3-5-10)14(21)22/h2-5,8H,6-7H2,1H3,(H,15,17)(H,16,18)(H,19,20)(H,21,22). The Morgan fingerprint density at radius 1 is 1.00 bits per heavy atom. The molecule has 0 bridgehead atoms. The van der Waals surface area contributed by atoms with Gasteiger partial charge in [-0.2, -0.15) is 0 Å². The molecular weight excluding hydrogens is 292 g/mol. The highest BCUT2D eigenvalue weighted by atomic mass is 16.4. The van der Waals surface area contributed by atoms with Crippen LogP contribution in [0.1, 0.15) is 30.1 Å². The molecule has 8 heteroatoms. The highest BCUT2D eigenvalue weighted by molar-refractivity contribution is 5.94. The fourth-order valence-corrected chi connectivity index (χ4v) is 1.52. The highest BCUT2D eigenvalue weighted by Crippen LogP contribution is 2.10. The molecule has 4 N–H and O–H groups in total. The molecule has 1 rings (SSSR count). The minimum atomic E-state index is -1.16. The number of nitrogens with one attached hydrogen (secondary N) is 2. The van der Waals surface area contributed by atoms with E-state index in [1.54, 1.807) is 0 Å². The van der Waals surface area contributed by atoms with Crippen LogP contribution in [0, 0.1) is 0 Å². The summed E-state index contributed by atoms with van der Waals surface area (Å²) in [7, 11) is 0. The summed E-state index contributed by atoms with van der Waals surface area (Å²) in [6, 6.07) is 4.55. The second-order valence-electron chi connectivity index (χ2n) is 4.56. The fraction of sp³-hybridized carbons (Fsp3) is 0.286. The van der Waals surface area contributed by atoms with E-state index in [1.807, 2.05) is 0 Å². The van der Waals surface area contributed by atoms with Crippen molar-refractivity contribution in [2.45, 2.75) is 25.8 Å². The summed E-state index contributed by atoms with van der Waals surface area (Å²) < 4.78 is 0. The number of benzene rings is 1. The van der Waals surface area contributed by atoms with Crippen molar-refractivity contribution in [1.29, 1.82) is 0 Å². The number of carboxylic acids is 2. The molecule has 0 heterocycles. The summed E-state index contributed by atoms with van der Waals surface area (Å²) in [6.07, 6.45) is -0.254. The Hall–Kier alpha value is -2.90. The lowest BCUT2D eigenvalue weighted by Crippen LogP contribution is -2.38. The van der Waals surface area contributed by atoms with Gasteiger partial charge in [0, 0.05) is 18.5 Å². The number of hydrogen-bond acceptors (Lipinski definition) is 4. The molecule has 118 valence electrons. The van der Waals surface area contributed by atoms with Crippen molar-refractivity contribution >= 4 is 29.4 Å². The van der Waals surface area contributed by atoms with Crippen LogP contribution in [0.2, 0.25) is 0 Å². The number of hydrogen-bond donors (Lipinski definition) is 4. The molecule has 1 aromatic carbocycles. The molecule has 2 amide bonds. The highest BCUT2D eigenvalue weighted by Gasteiger charge is 2.14. The summed E-state index contributed by atoms with van der Waals surface area (Å²) in [5, 5.41) is 22.1. The molecule has 0 fully saturated rings. The van der Waals surface area contributed by atoms with E-state index in [2.05, 4.69) is 10.6 Å². The molecule has 0 aliphatic heterocycles. The molecule has 1 unspecified atom stereocenters. The number of carboxylic acid groups (broad SMARTS) is 2. The number of anilines is 1. The van der Waals surface area contributed by atoms with E-state index < -0.39 is 29.8 Å². The Balaban J connectivity index is 2.41. The van der Waals surface area contributed by atoms with Crippen LogP contribution in [0.4, 0.5) is 5.69 Å². The molecule has 0 aliphatic rings. The molecule has 0 saturated heterocycles. The van der Waals surface area contributed by atoms with Crippen LogP contribution in [0.3, 0.4) is 0 Å². The maximum Gasteiger partial charge on any atom is 0.335 e. The van der Waals surface area contributed by atoms with Crippen molar-refractivity contribution in [2.75, 3.05) is 5.32 Å². The van der Waals surface area contributed by atoms with Crippen LogP contribution in [0.15, 0.2) is 24.3 Å². The van der Waals surface area contributed by atoms with Crippen LogP contribution >= 0.6 is 0 Å². The van der Waals surface area contributed by atoms with Crippen molar-refractivity contribution in [1.82, 2.24) is 5.32 Å². The van der Waals surface area contributed by atoms with Crippen molar-refractivity contribution < 1.29 is 29.4 Å². The van der Waals surface area contributed by atoms with E-state index in [1.165, 1.54) is 31.2 Å². The monoisotopic (exact) mass is 308 g/mol. The maximum atomic E-state index is 11.6. The summed E-state index contributed by atoms with van der Waals surface area (Å²) in [4.78, 5) is 44.3. The lowest BCUT2D eigenvalue weighted by Gasteiger charge is -2.09. The van der Waals surface area contributed by atoms with Crippen LogP contribution in [-0.2, 0) is 14.4 Å². The van der Waals surface area contributed by atoms with Crippen LogP contribution < -0.4 is 10.6 Å². The van der Waals surface area contributed by atoms with Crippen LogP contribution in [-0.4, -0.2) is 40.0 Å². The Morgan fingerprint density at radius 3 is 2.05 bits per heavy atom. The van der Waals surface area contributed by atoms with Gasteiger partial charge < -0.3 is 20.8 Å². The summed E-state index contributed by atoms with van der Waals surface area (Å²) >= 11 is 0. The van der Waals surface area contributed by atoms with Gasteiger partial charge in [-0.3, -0.25) is 14.4 Å². The van der Waals surface area contributed by atoms with Gasteiger partial charge in [-0.1, -0.05) is 0 Å². The molecule has 0 radical (unpaired) electrons. The molecule has 0 saturated carbocycles. The number of carbonyl (C=O) groups is 4. The van der Waals surface area contributed by atoms with E-state index in [9.17, 15) is 19.2 Å². The topological polar surface area (TPSA) is 133 Å². The van der Waals surface area contributed by atoms with Gasteiger partial charge in [-0.05, 0) is 31.2 Å². The first-order valence-corrected chi connectivity index (χ1v) is 6.45. The molecule has 0 aromatic heterocycles. The van der Waals surface area contributed by atoms with Gasteiger partial charge >= 0.3 is 11.9 Å². The van der Waals surface area contributed by atoms with Gasteiger partial charge in [0.25, 0.3) is 0 Å². The maximum absolute atomic E-state index is 11.6. The third kappa shape index (κ3) is 5.61. The van der Waals surface area contributed by atoms with Gasteiger partial charge in [-0.15, -0.1) is 0 Å². The SMILES string of the molecule is CC(NC(=O)CCC(=O)Nc1ccc(C(=O)O)cc1)C(=O)O. The predicted octanol–water partition coefficient (Wildman–Crippen LogP) is 0.693. The molecule has 0 aliphatic carbocycles. The van der Waals surface area contributed by atoms with Gasteiger partial charge in [0.15, 0.2) is 0 Å². The predicted molar refractivity (Wildman–Crippen MR) is 76.5 cm³/mol. The second kappa shape index (κ2) is 7.77. The summed E-state index contributed by atoms with van der Waals surface area (Å²) in [5.74, 6) is -3.19. The Labute approximate surface area is 126 Å². The Morgan fingerprint density at radius 2 is 1.55 bits per heavy atom. The molecule has 8 nitrogen and oxygen atoms in total. The van der Waals surface area contributed by atoms with Gasteiger partial charge in [-0.25, -0.2) is 4.79 Å². The number of amides is 2. The molecule has 1 aromatic rings. The average molecular weight is 308 g/mol. The number of aliphatic carboxylic acids is 1. The average Bonchev–Trinajstić information content (AvgIpc) is 2.45. The first kappa shape index (κ1) is 17.2.